The molecule has 72 valence electrons. The predicted octanol–water partition coefficient (Wildman–Crippen LogP) is 3.31. The molecule has 2 heterocycles. The molecule has 0 N–H and O–H groups in total. The Morgan fingerprint density at radius 2 is 2.14 bits per heavy atom. The third kappa shape index (κ3) is 1.76. The lowest BCUT2D eigenvalue weighted by atomic mass is 10.2. The van der Waals surface area contributed by atoms with Crippen molar-refractivity contribution in [1.29, 1.82) is 0 Å². The van der Waals surface area contributed by atoms with Gasteiger partial charge in [0.05, 0.1) is 14.9 Å². The minimum Gasteiger partial charge on any atom is -0.249 e. The normalized spacial score (nSPS) is 10.5. The van der Waals surface area contributed by atoms with E-state index in [-0.39, 0.29) is 0 Å². The molecule has 0 amide bonds. The van der Waals surface area contributed by atoms with Crippen molar-refractivity contribution in [3.8, 4) is 10.4 Å². The monoisotopic (exact) mass is 228 g/mol. The van der Waals surface area contributed by atoms with Gasteiger partial charge >= 0.3 is 0 Å². The van der Waals surface area contributed by atoms with Crippen LogP contribution in [0.15, 0.2) is 18.5 Å². The molecular formula is C9H6ClFN2S. The van der Waals surface area contributed by atoms with Gasteiger partial charge < -0.3 is 0 Å². The number of hydrogen-bond donors (Lipinski definition) is 0. The summed E-state index contributed by atoms with van der Waals surface area (Å²) >= 11 is 7.14. The van der Waals surface area contributed by atoms with E-state index in [1.165, 1.54) is 17.5 Å². The molecule has 2 aromatic heterocycles. The summed E-state index contributed by atoms with van der Waals surface area (Å²) in [5, 5.41) is 1.31. The van der Waals surface area contributed by atoms with Crippen molar-refractivity contribution in [2.75, 3.05) is 0 Å². The van der Waals surface area contributed by atoms with Crippen LogP contribution in [-0.4, -0.2) is 9.97 Å². The quantitative estimate of drug-likeness (QED) is 0.700. The van der Waals surface area contributed by atoms with E-state index >= 15 is 0 Å². The molecule has 0 aliphatic heterocycles. The molecule has 0 fully saturated rings. The van der Waals surface area contributed by atoms with E-state index in [4.69, 9.17) is 11.6 Å². The lowest BCUT2D eigenvalue weighted by molar-refractivity contribution is 0.588. The van der Waals surface area contributed by atoms with Crippen molar-refractivity contribution < 1.29 is 4.39 Å². The maximum absolute atomic E-state index is 13.3. The van der Waals surface area contributed by atoms with Crippen molar-refractivity contribution in [1.82, 2.24) is 9.97 Å². The lowest BCUT2D eigenvalue weighted by Gasteiger charge is -1.98. The molecule has 2 nitrogen and oxygen atoms in total. The molecular weight excluding hydrogens is 223 g/mol. The van der Waals surface area contributed by atoms with Crippen LogP contribution in [0.1, 0.15) is 5.01 Å². The molecule has 0 unspecified atom stereocenters. The van der Waals surface area contributed by atoms with Gasteiger partial charge in [0.15, 0.2) is 0 Å². The molecule has 0 saturated heterocycles. The Hall–Kier alpha value is -1.00. The fraction of sp³-hybridized carbons (Fsp3) is 0.111. The van der Waals surface area contributed by atoms with Crippen molar-refractivity contribution >= 4 is 22.9 Å². The zero-order valence-electron chi connectivity index (χ0n) is 7.29. The number of thiazole rings is 1. The van der Waals surface area contributed by atoms with Gasteiger partial charge in [-0.25, -0.2) is 9.97 Å². The molecule has 0 aliphatic carbocycles. The Labute approximate surface area is 89.4 Å². The Bertz CT molecular complexity index is 470. The zero-order chi connectivity index (χ0) is 10.1. The van der Waals surface area contributed by atoms with Gasteiger partial charge in [0.2, 0.25) is 5.95 Å². The van der Waals surface area contributed by atoms with Crippen molar-refractivity contribution in [3.05, 3.63) is 34.4 Å². The highest BCUT2D eigenvalue weighted by Gasteiger charge is 2.09. The standard InChI is InChI=1S/C9H6ClFN2S/c1-5-12-4-8(14-5)7-2-6(10)3-13-9(7)11/h2-4H,1H3. The summed E-state index contributed by atoms with van der Waals surface area (Å²) in [7, 11) is 0. The maximum atomic E-state index is 13.3. The first kappa shape index (κ1) is 9.55. The molecule has 5 heteroatoms. The number of pyridine rings is 1. The molecule has 2 rings (SSSR count). The Morgan fingerprint density at radius 1 is 1.36 bits per heavy atom. The molecule has 0 aromatic carbocycles. The van der Waals surface area contributed by atoms with Crippen LogP contribution in [0.4, 0.5) is 4.39 Å². The smallest absolute Gasteiger partial charge is 0.221 e. The van der Waals surface area contributed by atoms with Gasteiger partial charge in [-0.1, -0.05) is 11.6 Å². The first-order valence-corrected chi connectivity index (χ1v) is 5.10. The SMILES string of the molecule is Cc1ncc(-c2cc(Cl)cnc2F)s1. The number of aromatic nitrogens is 2. The number of hydrogen-bond acceptors (Lipinski definition) is 3. The molecule has 0 atom stereocenters. The minimum absolute atomic E-state index is 0.406. The second-order valence-electron chi connectivity index (χ2n) is 2.74. The summed E-state index contributed by atoms with van der Waals surface area (Å²) in [6, 6.07) is 1.55. The van der Waals surface area contributed by atoms with Gasteiger partial charge in [0.1, 0.15) is 0 Å². The third-order valence-corrected chi connectivity index (χ3v) is 2.85. The van der Waals surface area contributed by atoms with Crippen LogP contribution in [0.3, 0.4) is 0 Å². The largest absolute Gasteiger partial charge is 0.249 e. The molecule has 0 spiro atoms. The van der Waals surface area contributed by atoms with Gasteiger partial charge in [-0.3, -0.25) is 0 Å². The van der Waals surface area contributed by atoms with E-state index in [0.717, 1.165) is 9.88 Å². The predicted molar refractivity (Wildman–Crippen MR) is 55.1 cm³/mol. The molecule has 0 radical (unpaired) electrons. The Morgan fingerprint density at radius 3 is 2.79 bits per heavy atom. The van der Waals surface area contributed by atoms with E-state index in [2.05, 4.69) is 9.97 Å². The summed E-state index contributed by atoms with van der Waals surface area (Å²) in [5.74, 6) is -0.516. The minimum atomic E-state index is -0.516. The van der Waals surface area contributed by atoms with Gasteiger partial charge in [0.25, 0.3) is 0 Å². The first-order valence-electron chi connectivity index (χ1n) is 3.90. The molecule has 0 saturated carbocycles. The van der Waals surface area contributed by atoms with E-state index in [1.54, 1.807) is 12.3 Å². The number of rotatable bonds is 1. The highest BCUT2D eigenvalue weighted by molar-refractivity contribution is 7.15. The van der Waals surface area contributed by atoms with Crippen LogP contribution in [0.5, 0.6) is 0 Å². The molecule has 0 aliphatic rings. The van der Waals surface area contributed by atoms with Crippen molar-refractivity contribution in [2.24, 2.45) is 0 Å². The summed E-state index contributed by atoms with van der Waals surface area (Å²) in [6.45, 7) is 1.87. The van der Waals surface area contributed by atoms with Gasteiger partial charge in [0, 0.05) is 18.0 Å². The highest BCUT2D eigenvalue weighted by Crippen LogP contribution is 2.28. The highest BCUT2D eigenvalue weighted by atomic mass is 35.5. The van der Waals surface area contributed by atoms with Crippen LogP contribution < -0.4 is 0 Å². The van der Waals surface area contributed by atoms with E-state index in [9.17, 15) is 4.39 Å². The zero-order valence-corrected chi connectivity index (χ0v) is 8.86. The van der Waals surface area contributed by atoms with Crippen molar-refractivity contribution in [2.45, 2.75) is 6.92 Å². The number of nitrogens with zero attached hydrogens (tertiary/aromatic N) is 2. The first-order chi connectivity index (χ1) is 6.66. The van der Waals surface area contributed by atoms with Crippen LogP contribution in [0.2, 0.25) is 5.02 Å². The van der Waals surface area contributed by atoms with Crippen LogP contribution >= 0.6 is 22.9 Å². The molecule has 2 aromatic rings. The second kappa shape index (κ2) is 3.63. The van der Waals surface area contributed by atoms with Crippen LogP contribution in [0, 0.1) is 12.9 Å². The fourth-order valence-electron chi connectivity index (χ4n) is 1.08. The summed E-state index contributed by atoms with van der Waals surface area (Å²) < 4.78 is 13.3. The van der Waals surface area contributed by atoms with E-state index < -0.39 is 5.95 Å². The van der Waals surface area contributed by atoms with E-state index in [0.29, 0.717) is 10.6 Å². The average Bonchev–Trinajstić information content (AvgIpc) is 2.56. The summed E-state index contributed by atoms with van der Waals surface area (Å²) in [6.07, 6.45) is 2.91. The van der Waals surface area contributed by atoms with Crippen molar-refractivity contribution in [3.63, 3.8) is 0 Å². The van der Waals surface area contributed by atoms with Gasteiger partial charge in [-0.15, -0.1) is 11.3 Å². The Kier molecular flexibility index (Phi) is 2.48. The second-order valence-corrected chi connectivity index (χ2v) is 4.41. The van der Waals surface area contributed by atoms with E-state index in [1.807, 2.05) is 6.92 Å². The maximum Gasteiger partial charge on any atom is 0.221 e. The topological polar surface area (TPSA) is 25.8 Å². The van der Waals surface area contributed by atoms with Gasteiger partial charge in [-0.05, 0) is 13.0 Å². The Balaban J connectivity index is 2.55. The average molecular weight is 229 g/mol. The number of aryl methyl sites for hydroxylation is 1. The fourth-order valence-corrected chi connectivity index (χ4v) is 2.02. The van der Waals surface area contributed by atoms with Gasteiger partial charge in [-0.2, -0.15) is 4.39 Å². The molecule has 14 heavy (non-hydrogen) atoms. The van der Waals surface area contributed by atoms with Crippen LogP contribution in [0.25, 0.3) is 10.4 Å². The molecule has 0 bridgehead atoms. The third-order valence-electron chi connectivity index (χ3n) is 1.69. The van der Waals surface area contributed by atoms with Crippen LogP contribution in [-0.2, 0) is 0 Å². The lowest BCUT2D eigenvalue weighted by Crippen LogP contribution is -1.86. The summed E-state index contributed by atoms with van der Waals surface area (Å²) in [4.78, 5) is 8.33. The summed E-state index contributed by atoms with van der Waals surface area (Å²) in [5.41, 5.74) is 0.406. The number of halogens is 2.